The van der Waals surface area contributed by atoms with Crippen LogP contribution in [0.5, 0.6) is 5.75 Å². The molecule has 1 saturated carbocycles. The first kappa shape index (κ1) is 15.8. The van der Waals surface area contributed by atoms with Crippen LogP contribution in [0.4, 0.5) is 0 Å². The molecule has 1 fully saturated rings. The van der Waals surface area contributed by atoms with E-state index >= 15 is 0 Å². The Kier molecular flexibility index (Phi) is 5.60. The van der Waals surface area contributed by atoms with Crippen molar-refractivity contribution in [1.82, 2.24) is 5.32 Å². The van der Waals surface area contributed by atoms with Gasteiger partial charge in [-0.1, -0.05) is 19.9 Å². The highest BCUT2D eigenvalue weighted by Gasteiger charge is 2.29. The minimum Gasteiger partial charge on any atom is -0.491 e. The fraction of sp³-hybridized carbons (Fsp3) is 0.588. The van der Waals surface area contributed by atoms with Gasteiger partial charge in [-0.05, 0) is 42.9 Å². The highest BCUT2D eigenvalue weighted by Crippen LogP contribution is 2.30. The van der Waals surface area contributed by atoms with Crippen LogP contribution in [-0.4, -0.2) is 30.4 Å². The van der Waals surface area contributed by atoms with E-state index in [9.17, 15) is 5.11 Å². The SMILES string of the molecule is CC1CCC(NCC(O)COc2cccc(C#N)c2)C1C. The average molecular weight is 288 g/mol. The topological polar surface area (TPSA) is 65.3 Å². The summed E-state index contributed by atoms with van der Waals surface area (Å²) in [5, 5.41) is 22.3. The summed E-state index contributed by atoms with van der Waals surface area (Å²) in [5.74, 6) is 2.03. The number of benzene rings is 1. The lowest BCUT2D eigenvalue weighted by molar-refractivity contribution is 0.102. The Morgan fingerprint density at radius 1 is 1.43 bits per heavy atom. The molecular formula is C17H24N2O2. The summed E-state index contributed by atoms with van der Waals surface area (Å²) in [6.45, 7) is 5.33. The lowest BCUT2D eigenvalue weighted by atomic mass is 9.98. The van der Waals surface area contributed by atoms with Gasteiger partial charge in [0, 0.05) is 12.6 Å². The number of nitrogens with zero attached hydrogens (tertiary/aromatic N) is 1. The van der Waals surface area contributed by atoms with Crippen molar-refractivity contribution in [2.24, 2.45) is 11.8 Å². The van der Waals surface area contributed by atoms with Crippen molar-refractivity contribution < 1.29 is 9.84 Å². The molecule has 21 heavy (non-hydrogen) atoms. The Morgan fingerprint density at radius 3 is 2.90 bits per heavy atom. The molecule has 0 bridgehead atoms. The molecule has 0 saturated heterocycles. The zero-order chi connectivity index (χ0) is 15.2. The number of hydrogen-bond acceptors (Lipinski definition) is 4. The van der Waals surface area contributed by atoms with Gasteiger partial charge in [0.1, 0.15) is 18.5 Å². The molecule has 0 spiro atoms. The second kappa shape index (κ2) is 7.44. The van der Waals surface area contributed by atoms with Crippen LogP contribution in [0, 0.1) is 23.2 Å². The summed E-state index contributed by atoms with van der Waals surface area (Å²) >= 11 is 0. The molecule has 2 rings (SSSR count). The molecule has 4 unspecified atom stereocenters. The summed E-state index contributed by atoms with van der Waals surface area (Å²) in [4.78, 5) is 0. The summed E-state index contributed by atoms with van der Waals surface area (Å²) in [7, 11) is 0. The molecule has 4 heteroatoms. The second-order valence-electron chi connectivity index (χ2n) is 6.03. The maximum atomic E-state index is 10.00. The van der Waals surface area contributed by atoms with E-state index < -0.39 is 6.10 Å². The molecule has 1 aromatic rings. The maximum absolute atomic E-state index is 10.00. The number of aliphatic hydroxyl groups excluding tert-OH is 1. The molecule has 0 aromatic heterocycles. The molecule has 1 aromatic carbocycles. The zero-order valence-corrected chi connectivity index (χ0v) is 12.7. The normalized spacial score (nSPS) is 26.3. The lowest BCUT2D eigenvalue weighted by Crippen LogP contribution is -2.39. The van der Waals surface area contributed by atoms with Crippen LogP contribution in [0.3, 0.4) is 0 Å². The predicted octanol–water partition coefficient (Wildman–Crippen LogP) is 2.32. The van der Waals surface area contributed by atoms with Crippen LogP contribution in [0.25, 0.3) is 0 Å². The second-order valence-corrected chi connectivity index (χ2v) is 6.03. The van der Waals surface area contributed by atoms with Gasteiger partial charge in [0.2, 0.25) is 0 Å². The number of hydrogen-bond donors (Lipinski definition) is 2. The zero-order valence-electron chi connectivity index (χ0n) is 12.7. The molecule has 114 valence electrons. The van der Waals surface area contributed by atoms with Gasteiger partial charge < -0.3 is 15.2 Å². The molecule has 0 radical (unpaired) electrons. The van der Waals surface area contributed by atoms with Gasteiger partial charge in [0.05, 0.1) is 11.6 Å². The van der Waals surface area contributed by atoms with Crippen molar-refractivity contribution >= 4 is 0 Å². The fourth-order valence-corrected chi connectivity index (χ4v) is 2.85. The summed E-state index contributed by atoms with van der Waals surface area (Å²) in [6.07, 6.45) is 1.89. The van der Waals surface area contributed by atoms with Crippen LogP contribution >= 0.6 is 0 Å². The first-order chi connectivity index (χ1) is 10.1. The van der Waals surface area contributed by atoms with E-state index in [0.717, 1.165) is 5.92 Å². The van der Waals surface area contributed by atoms with Crippen molar-refractivity contribution in [3.8, 4) is 11.8 Å². The largest absolute Gasteiger partial charge is 0.491 e. The van der Waals surface area contributed by atoms with Crippen LogP contribution in [-0.2, 0) is 0 Å². The van der Waals surface area contributed by atoms with Gasteiger partial charge in [0.15, 0.2) is 0 Å². The molecule has 0 heterocycles. The van der Waals surface area contributed by atoms with Crippen molar-refractivity contribution in [3.63, 3.8) is 0 Å². The van der Waals surface area contributed by atoms with Gasteiger partial charge in [-0.2, -0.15) is 5.26 Å². The van der Waals surface area contributed by atoms with Crippen molar-refractivity contribution in [2.45, 2.75) is 38.8 Å². The molecule has 4 nitrogen and oxygen atoms in total. The van der Waals surface area contributed by atoms with Crippen molar-refractivity contribution in [3.05, 3.63) is 29.8 Å². The molecular weight excluding hydrogens is 264 g/mol. The fourth-order valence-electron chi connectivity index (χ4n) is 2.85. The number of aliphatic hydroxyl groups is 1. The van der Waals surface area contributed by atoms with E-state index in [4.69, 9.17) is 10.00 Å². The minimum atomic E-state index is -0.543. The van der Waals surface area contributed by atoms with Gasteiger partial charge in [-0.25, -0.2) is 0 Å². The summed E-state index contributed by atoms with van der Waals surface area (Å²) in [5.41, 5.74) is 0.564. The Bertz CT molecular complexity index is 498. The smallest absolute Gasteiger partial charge is 0.120 e. The molecule has 4 atom stereocenters. The van der Waals surface area contributed by atoms with Crippen molar-refractivity contribution in [2.75, 3.05) is 13.2 Å². The van der Waals surface area contributed by atoms with Crippen LogP contribution in [0.1, 0.15) is 32.3 Å². The third-order valence-corrected chi connectivity index (χ3v) is 4.49. The highest BCUT2D eigenvalue weighted by atomic mass is 16.5. The van der Waals surface area contributed by atoms with Crippen molar-refractivity contribution in [1.29, 1.82) is 5.26 Å². The van der Waals surface area contributed by atoms with Gasteiger partial charge in [-0.15, -0.1) is 0 Å². The Labute approximate surface area is 126 Å². The van der Waals surface area contributed by atoms with E-state index in [2.05, 4.69) is 25.2 Å². The number of nitrogens with one attached hydrogen (secondary N) is 1. The van der Waals surface area contributed by atoms with Crippen LogP contribution < -0.4 is 10.1 Å². The standard InChI is InChI=1S/C17H24N2O2/c1-12-6-7-17(13(12)2)19-10-15(20)11-21-16-5-3-4-14(8-16)9-18/h3-5,8,12-13,15,17,19-20H,6-7,10-11H2,1-2H3. The van der Waals surface area contributed by atoms with Crippen LogP contribution in [0.2, 0.25) is 0 Å². The number of rotatable bonds is 6. The maximum Gasteiger partial charge on any atom is 0.120 e. The third-order valence-electron chi connectivity index (χ3n) is 4.49. The highest BCUT2D eigenvalue weighted by molar-refractivity contribution is 5.36. The Morgan fingerprint density at radius 2 is 2.24 bits per heavy atom. The number of nitriles is 1. The monoisotopic (exact) mass is 288 g/mol. The predicted molar refractivity (Wildman–Crippen MR) is 82.0 cm³/mol. The van der Waals surface area contributed by atoms with Gasteiger partial charge in [-0.3, -0.25) is 0 Å². The van der Waals surface area contributed by atoms with Crippen LogP contribution in [0.15, 0.2) is 24.3 Å². The van der Waals surface area contributed by atoms with E-state index in [1.807, 2.05) is 0 Å². The van der Waals surface area contributed by atoms with Gasteiger partial charge in [0.25, 0.3) is 0 Å². The number of ether oxygens (including phenoxy) is 1. The molecule has 0 amide bonds. The Balaban J connectivity index is 1.72. The van der Waals surface area contributed by atoms with E-state index in [-0.39, 0.29) is 6.61 Å². The summed E-state index contributed by atoms with van der Waals surface area (Å²) in [6, 6.07) is 9.55. The summed E-state index contributed by atoms with van der Waals surface area (Å²) < 4.78 is 5.53. The molecule has 1 aliphatic rings. The lowest BCUT2D eigenvalue weighted by Gasteiger charge is -2.21. The van der Waals surface area contributed by atoms with E-state index in [1.54, 1.807) is 24.3 Å². The van der Waals surface area contributed by atoms with Gasteiger partial charge >= 0.3 is 0 Å². The van der Waals surface area contributed by atoms with E-state index in [1.165, 1.54) is 12.8 Å². The molecule has 0 aliphatic heterocycles. The molecule has 1 aliphatic carbocycles. The quantitative estimate of drug-likeness (QED) is 0.843. The minimum absolute atomic E-state index is 0.235. The Hall–Kier alpha value is -1.57. The molecule has 2 N–H and O–H groups in total. The third kappa shape index (κ3) is 4.45. The average Bonchev–Trinajstić information content (AvgIpc) is 2.83. The van der Waals surface area contributed by atoms with E-state index in [0.29, 0.717) is 29.8 Å². The first-order valence-corrected chi connectivity index (χ1v) is 7.64. The first-order valence-electron chi connectivity index (χ1n) is 7.64.